The molecule has 3 atom stereocenters. The third-order valence-corrected chi connectivity index (χ3v) is 7.72. The second kappa shape index (κ2) is 9.30. The van der Waals surface area contributed by atoms with Crippen LogP contribution in [0.5, 0.6) is 0 Å². The number of nitrogens with one attached hydrogen (secondary N) is 1. The molecule has 3 rings (SSSR count). The van der Waals surface area contributed by atoms with Gasteiger partial charge in [0.2, 0.25) is 15.9 Å². The van der Waals surface area contributed by atoms with Crippen LogP contribution in [-0.4, -0.2) is 67.3 Å². The molecule has 3 fully saturated rings. The van der Waals surface area contributed by atoms with Crippen molar-refractivity contribution in [3.63, 3.8) is 0 Å². The lowest BCUT2D eigenvalue weighted by Crippen LogP contribution is -2.49. The van der Waals surface area contributed by atoms with Gasteiger partial charge >= 0.3 is 5.97 Å². The summed E-state index contributed by atoms with van der Waals surface area (Å²) in [5.74, 6) is -0.866. The van der Waals surface area contributed by atoms with Crippen LogP contribution in [0.4, 0.5) is 0 Å². The first-order valence-corrected chi connectivity index (χ1v) is 13.2. The normalized spacial score (nSPS) is 31.1. The van der Waals surface area contributed by atoms with Gasteiger partial charge in [-0.1, -0.05) is 19.3 Å². The van der Waals surface area contributed by atoms with Gasteiger partial charge in [0.1, 0.15) is 0 Å². The van der Waals surface area contributed by atoms with Gasteiger partial charge in [0.15, 0.2) is 6.73 Å². The number of rotatable bonds is 6. The van der Waals surface area contributed by atoms with Crippen molar-refractivity contribution >= 4 is 33.5 Å². The maximum absolute atomic E-state index is 12.9. The number of hydrogen-bond acceptors (Lipinski definition) is 6. The highest BCUT2D eigenvalue weighted by Gasteiger charge is 2.47. The molecule has 1 amide bonds. The zero-order valence-corrected chi connectivity index (χ0v) is 19.7. The first-order chi connectivity index (χ1) is 14.0. The fourth-order valence-corrected chi connectivity index (χ4v) is 6.03. The maximum atomic E-state index is 12.9. The first-order valence-electron chi connectivity index (χ1n) is 10.8. The molecule has 0 bridgehead atoms. The topological polar surface area (TPSA) is 96.0 Å². The summed E-state index contributed by atoms with van der Waals surface area (Å²) in [6.45, 7) is 4.39. The zero-order chi connectivity index (χ0) is 22.1. The Bertz CT molecular complexity index is 754. The molecule has 3 aliphatic rings. The van der Waals surface area contributed by atoms with Gasteiger partial charge in [0.25, 0.3) is 0 Å². The Labute approximate surface area is 184 Å². The lowest BCUT2D eigenvalue weighted by Gasteiger charge is -2.37. The van der Waals surface area contributed by atoms with E-state index in [1.54, 1.807) is 5.01 Å². The van der Waals surface area contributed by atoms with Gasteiger partial charge in [-0.2, -0.15) is 0 Å². The monoisotopic (exact) mass is 463 g/mol. The fraction of sp³-hybridized carbons (Fsp3) is 0.900. The van der Waals surface area contributed by atoms with Gasteiger partial charge in [-0.15, -0.1) is 11.6 Å². The Kier molecular flexibility index (Phi) is 7.37. The average molecular weight is 464 g/mol. The molecule has 10 heteroatoms. The van der Waals surface area contributed by atoms with E-state index in [1.165, 1.54) is 6.42 Å². The van der Waals surface area contributed by atoms with Gasteiger partial charge in [-0.05, 0) is 46.0 Å². The molecular weight excluding hydrogens is 430 g/mol. The number of hydrazine groups is 1. The number of carbonyl (C=O) groups is 2. The Morgan fingerprint density at radius 2 is 1.87 bits per heavy atom. The van der Waals surface area contributed by atoms with E-state index in [2.05, 4.69) is 9.73 Å². The van der Waals surface area contributed by atoms with Crippen molar-refractivity contribution in [2.75, 3.05) is 19.5 Å². The molecule has 0 aromatic rings. The van der Waals surface area contributed by atoms with Crippen LogP contribution in [0.25, 0.3) is 0 Å². The molecule has 0 radical (unpaired) electrons. The number of nitrogens with zero attached hydrogens (tertiary/aromatic N) is 2. The van der Waals surface area contributed by atoms with Gasteiger partial charge in [0, 0.05) is 24.0 Å². The Morgan fingerprint density at radius 1 is 1.20 bits per heavy atom. The quantitative estimate of drug-likeness (QED) is 0.479. The summed E-state index contributed by atoms with van der Waals surface area (Å²) in [5, 5.41) is 3.35. The number of hydrogen-bond donors (Lipinski definition) is 1. The third-order valence-electron chi connectivity index (χ3n) is 6.47. The molecule has 2 aliphatic carbocycles. The van der Waals surface area contributed by atoms with Crippen LogP contribution in [0.3, 0.4) is 0 Å². The lowest BCUT2D eigenvalue weighted by molar-refractivity contribution is -0.172. The number of halogens is 1. The minimum Gasteiger partial charge on any atom is -0.443 e. The van der Waals surface area contributed by atoms with Crippen LogP contribution in [0.2, 0.25) is 0 Å². The Hall–Kier alpha value is -0.900. The molecule has 1 N–H and O–H groups in total. The summed E-state index contributed by atoms with van der Waals surface area (Å²) >= 11 is 6.26. The molecule has 3 unspecified atom stereocenters. The van der Waals surface area contributed by atoms with Gasteiger partial charge in [-0.25, -0.2) is 23.2 Å². The fourth-order valence-electron chi connectivity index (χ4n) is 4.85. The average Bonchev–Trinajstić information content (AvgIpc) is 2.90. The first kappa shape index (κ1) is 23.8. The minimum atomic E-state index is -3.42. The maximum Gasteiger partial charge on any atom is 0.310 e. The van der Waals surface area contributed by atoms with Crippen molar-refractivity contribution in [3.05, 3.63) is 0 Å². The van der Waals surface area contributed by atoms with E-state index in [-0.39, 0.29) is 18.0 Å². The summed E-state index contributed by atoms with van der Waals surface area (Å²) in [5.41, 5.74) is -0.509. The van der Waals surface area contributed by atoms with Crippen LogP contribution in [0, 0.1) is 11.3 Å². The second-order valence-corrected chi connectivity index (χ2v) is 11.9. The summed E-state index contributed by atoms with van der Waals surface area (Å²) in [7, 11) is -3.42. The predicted molar refractivity (Wildman–Crippen MR) is 114 cm³/mol. The van der Waals surface area contributed by atoms with Crippen LogP contribution in [-0.2, 0) is 24.3 Å². The molecule has 0 spiro atoms. The van der Waals surface area contributed by atoms with Crippen molar-refractivity contribution in [3.8, 4) is 0 Å². The Morgan fingerprint density at radius 3 is 2.50 bits per heavy atom. The standard InChI is InChI=1S/C20H34ClN3O5S/c1-20(2)12-23(15-7-5-4-6-8-15)24(19(20)26)13-29-18(25)14-9-10-16(21)17(11-14)22-30(3,27)28/h14-17,22H,4-13H2,1-3H3. The largest absolute Gasteiger partial charge is 0.443 e. The number of carbonyl (C=O) groups excluding carboxylic acids is 2. The summed E-state index contributed by atoms with van der Waals surface area (Å²) in [4.78, 5) is 25.6. The van der Waals surface area contributed by atoms with E-state index in [9.17, 15) is 18.0 Å². The van der Waals surface area contributed by atoms with Gasteiger partial charge in [0.05, 0.1) is 17.6 Å². The summed E-state index contributed by atoms with van der Waals surface area (Å²) in [6.07, 6.45) is 8.07. The van der Waals surface area contributed by atoms with Crippen LogP contribution in [0.15, 0.2) is 0 Å². The van der Waals surface area contributed by atoms with Crippen molar-refractivity contribution < 1.29 is 22.7 Å². The van der Waals surface area contributed by atoms with E-state index < -0.39 is 33.4 Å². The van der Waals surface area contributed by atoms with E-state index in [0.717, 1.165) is 31.9 Å². The van der Waals surface area contributed by atoms with Crippen LogP contribution in [0.1, 0.15) is 65.2 Å². The third kappa shape index (κ3) is 5.66. The molecule has 0 aromatic heterocycles. The number of esters is 1. The van der Waals surface area contributed by atoms with Gasteiger partial charge in [-0.3, -0.25) is 9.59 Å². The summed E-state index contributed by atoms with van der Waals surface area (Å²) in [6, 6.07) is -0.197. The molecule has 1 saturated heterocycles. The summed E-state index contributed by atoms with van der Waals surface area (Å²) < 4.78 is 31.2. The number of sulfonamides is 1. The molecule has 1 heterocycles. The molecule has 30 heavy (non-hydrogen) atoms. The van der Waals surface area contributed by atoms with Crippen LogP contribution < -0.4 is 4.72 Å². The number of ether oxygens (including phenoxy) is 1. The van der Waals surface area contributed by atoms with Crippen molar-refractivity contribution in [2.24, 2.45) is 11.3 Å². The highest BCUT2D eigenvalue weighted by atomic mass is 35.5. The molecular formula is C20H34ClN3O5S. The van der Waals surface area contributed by atoms with E-state index >= 15 is 0 Å². The van der Waals surface area contributed by atoms with E-state index in [0.29, 0.717) is 31.8 Å². The lowest BCUT2D eigenvalue weighted by atomic mass is 9.86. The van der Waals surface area contributed by atoms with Gasteiger partial charge < -0.3 is 4.74 Å². The van der Waals surface area contributed by atoms with Crippen molar-refractivity contribution in [1.29, 1.82) is 0 Å². The Balaban J connectivity index is 1.61. The molecule has 172 valence electrons. The van der Waals surface area contributed by atoms with Crippen molar-refractivity contribution in [1.82, 2.24) is 14.7 Å². The molecule has 0 aromatic carbocycles. The van der Waals surface area contributed by atoms with E-state index in [1.807, 2.05) is 13.8 Å². The smallest absolute Gasteiger partial charge is 0.310 e. The zero-order valence-electron chi connectivity index (χ0n) is 18.1. The minimum absolute atomic E-state index is 0.0260. The second-order valence-electron chi connectivity index (χ2n) is 9.59. The van der Waals surface area contributed by atoms with E-state index in [4.69, 9.17) is 16.3 Å². The molecule has 8 nitrogen and oxygen atoms in total. The highest BCUT2D eigenvalue weighted by molar-refractivity contribution is 7.88. The highest BCUT2D eigenvalue weighted by Crippen LogP contribution is 2.35. The predicted octanol–water partition coefficient (Wildman–Crippen LogP) is 2.23. The van der Waals surface area contributed by atoms with Crippen molar-refractivity contribution in [2.45, 2.75) is 82.7 Å². The molecule has 1 aliphatic heterocycles. The SMILES string of the molecule is CC1(C)CN(C2CCCCC2)N(COC(=O)C2CCC(Cl)C(NS(C)(=O)=O)C2)C1=O. The number of amides is 1. The molecule has 2 saturated carbocycles. The van der Waals surface area contributed by atoms with Crippen LogP contribution >= 0.6 is 11.6 Å². The number of alkyl halides is 1.